The van der Waals surface area contributed by atoms with Crippen LogP contribution < -0.4 is 5.73 Å². The van der Waals surface area contributed by atoms with E-state index in [-0.39, 0.29) is 5.82 Å². The first kappa shape index (κ1) is 9.57. The first-order chi connectivity index (χ1) is 6.20. The summed E-state index contributed by atoms with van der Waals surface area (Å²) in [5, 5.41) is 0. The third-order valence-electron chi connectivity index (χ3n) is 1.68. The summed E-state index contributed by atoms with van der Waals surface area (Å²) in [7, 11) is 0. The molecule has 0 amide bonds. The highest BCUT2D eigenvalue weighted by molar-refractivity contribution is 5.92. The number of aromatic nitrogens is 2. The van der Waals surface area contributed by atoms with E-state index in [1.807, 2.05) is 6.92 Å². The molecule has 2 N–H and O–H groups in total. The van der Waals surface area contributed by atoms with Crippen molar-refractivity contribution in [2.24, 2.45) is 0 Å². The summed E-state index contributed by atoms with van der Waals surface area (Å²) in [5.41, 5.74) is 5.85. The van der Waals surface area contributed by atoms with Gasteiger partial charge in [0.25, 0.3) is 0 Å². The van der Waals surface area contributed by atoms with Crippen molar-refractivity contribution >= 4 is 11.8 Å². The van der Waals surface area contributed by atoms with E-state index in [2.05, 4.69) is 4.98 Å². The number of rotatable bonds is 3. The number of esters is 1. The summed E-state index contributed by atoms with van der Waals surface area (Å²) in [6.07, 6.45) is 1.53. The van der Waals surface area contributed by atoms with Crippen LogP contribution in [0.15, 0.2) is 6.33 Å². The number of hydrogen-bond donors (Lipinski definition) is 1. The van der Waals surface area contributed by atoms with Crippen LogP contribution in [0.25, 0.3) is 0 Å². The third kappa shape index (κ3) is 1.80. The number of ether oxygens (including phenoxy) is 1. The lowest BCUT2D eigenvalue weighted by molar-refractivity contribution is 0.0515. The fourth-order valence-electron chi connectivity index (χ4n) is 1.06. The molecule has 1 heterocycles. The highest BCUT2D eigenvalue weighted by Gasteiger charge is 2.16. The van der Waals surface area contributed by atoms with E-state index >= 15 is 0 Å². The molecular weight excluding hydrogens is 170 g/mol. The van der Waals surface area contributed by atoms with Crippen LogP contribution in [-0.2, 0) is 11.3 Å². The number of anilines is 1. The van der Waals surface area contributed by atoms with Crippen molar-refractivity contribution in [2.75, 3.05) is 12.3 Å². The highest BCUT2D eigenvalue weighted by Crippen LogP contribution is 2.10. The quantitative estimate of drug-likeness (QED) is 0.699. The molecule has 0 aromatic carbocycles. The molecule has 0 unspecified atom stereocenters. The highest BCUT2D eigenvalue weighted by atomic mass is 16.5. The van der Waals surface area contributed by atoms with Gasteiger partial charge in [0.2, 0.25) is 0 Å². The minimum Gasteiger partial charge on any atom is -0.461 e. The van der Waals surface area contributed by atoms with E-state index in [4.69, 9.17) is 10.5 Å². The predicted molar refractivity (Wildman–Crippen MR) is 48.3 cm³/mol. The molecule has 72 valence electrons. The van der Waals surface area contributed by atoms with Gasteiger partial charge in [-0.15, -0.1) is 0 Å². The van der Waals surface area contributed by atoms with Gasteiger partial charge in [0, 0.05) is 6.54 Å². The van der Waals surface area contributed by atoms with Gasteiger partial charge in [-0.2, -0.15) is 0 Å². The number of carbonyl (C=O) groups is 1. The zero-order chi connectivity index (χ0) is 9.84. The molecule has 0 aliphatic rings. The Hall–Kier alpha value is -1.52. The number of imidazole rings is 1. The molecule has 0 radical (unpaired) electrons. The van der Waals surface area contributed by atoms with Gasteiger partial charge < -0.3 is 15.0 Å². The number of nitrogens with two attached hydrogens (primary N) is 1. The van der Waals surface area contributed by atoms with Gasteiger partial charge in [-0.05, 0) is 13.8 Å². The molecule has 13 heavy (non-hydrogen) atoms. The normalized spacial score (nSPS) is 10.0. The second-order valence-electron chi connectivity index (χ2n) is 2.48. The standard InChI is InChI=1S/C8H13N3O2/c1-3-11-5-10-7(9)6(11)8(12)13-4-2/h5H,3-4,9H2,1-2H3. The van der Waals surface area contributed by atoms with Crippen LogP contribution in [0.3, 0.4) is 0 Å². The smallest absolute Gasteiger partial charge is 0.358 e. The van der Waals surface area contributed by atoms with E-state index in [0.29, 0.717) is 18.8 Å². The van der Waals surface area contributed by atoms with Gasteiger partial charge >= 0.3 is 5.97 Å². The fraction of sp³-hybridized carbons (Fsp3) is 0.500. The van der Waals surface area contributed by atoms with Crippen LogP contribution in [0.2, 0.25) is 0 Å². The molecule has 0 aliphatic heterocycles. The average molecular weight is 183 g/mol. The Kier molecular flexibility index (Phi) is 2.89. The molecule has 0 fully saturated rings. The predicted octanol–water partition coefficient (Wildman–Crippen LogP) is 0.662. The molecule has 1 aromatic rings. The second kappa shape index (κ2) is 3.93. The molecule has 0 bridgehead atoms. The molecule has 5 nitrogen and oxygen atoms in total. The Labute approximate surface area is 76.5 Å². The number of aryl methyl sites for hydroxylation is 1. The Morgan fingerprint density at radius 3 is 2.92 bits per heavy atom. The average Bonchev–Trinajstić information content (AvgIpc) is 2.47. The second-order valence-corrected chi connectivity index (χ2v) is 2.48. The largest absolute Gasteiger partial charge is 0.461 e. The minimum atomic E-state index is -0.417. The van der Waals surface area contributed by atoms with Gasteiger partial charge in [0.1, 0.15) is 0 Å². The van der Waals surface area contributed by atoms with Gasteiger partial charge in [0.05, 0.1) is 12.9 Å². The van der Waals surface area contributed by atoms with Crippen molar-refractivity contribution in [1.82, 2.24) is 9.55 Å². The molecule has 0 saturated carbocycles. The van der Waals surface area contributed by atoms with E-state index in [9.17, 15) is 4.79 Å². The minimum absolute atomic E-state index is 0.223. The van der Waals surface area contributed by atoms with Gasteiger partial charge in [0.15, 0.2) is 11.5 Å². The molecule has 0 spiro atoms. The zero-order valence-corrected chi connectivity index (χ0v) is 7.78. The summed E-state index contributed by atoms with van der Waals surface area (Å²) in [4.78, 5) is 15.2. The van der Waals surface area contributed by atoms with Crippen LogP contribution in [-0.4, -0.2) is 22.1 Å². The lowest BCUT2D eigenvalue weighted by atomic mass is 10.4. The van der Waals surface area contributed by atoms with Crippen molar-refractivity contribution in [1.29, 1.82) is 0 Å². The third-order valence-corrected chi connectivity index (χ3v) is 1.68. The maximum absolute atomic E-state index is 11.3. The van der Waals surface area contributed by atoms with Gasteiger partial charge in [-0.1, -0.05) is 0 Å². The van der Waals surface area contributed by atoms with Crippen LogP contribution in [0, 0.1) is 0 Å². The van der Waals surface area contributed by atoms with Crippen molar-refractivity contribution in [3.63, 3.8) is 0 Å². The summed E-state index contributed by atoms with van der Waals surface area (Å²) in [6.45, 7) is 4.65. The Balaban J connectivity index is 2.96. The van der Waals surface area contributed by atoms with E-state index in [1.54, 1.807) is 11.5 Å². The molecule has 1 aromatic heterocycles. The Morgan fingerprint density at radius 2 is 2.38 bits per heavy atom. The fourth-order valence-corrected chi connectivity index (χ4v) is 1.06. The molecule has 0 atom stereocenters. The zero-order valence-electron chi connectivity index (χ0n) is 7.78. The van der Waals surface area contributed by atoms with Crippen molar-refractivity contribution in [3.8, 4) is 0 Å². The SMILES string of the molecule is CCOC(=O)c1c(N)ncn1CC. The van der Waals surface area contributed by atoms with Crippen LogP contribution in [0.4, 0.5) is 5.82 Å². The number of carbonyl (C=O) groups excluding carboxylic acids is 1. The molecule has 5 heteroatoms. The van der Waals surface area contributed by atoms with E-state index in [1.165, 1.54) is 6.33 Å². The first-order valence-corrected chi connectivity index (χ1v) is 4.18. The maximum atomic E-state index is 11.3. The Morgan fingerprint density at radius 1 is 1.69 bits per heavy atom. The van der Waals surface area contributed by atoms with Gasteiger partial charge in [-0.3, -0.25) is 0 Å². The number of hydrogen-bond acceptors (Lipinski definition) is 4. The first-order valence-electron chi connectivity index (χ1n) is 4.18. The summed E-state index contributed by atoms with van der Waals surface area (Å²) in [5.74, 6) is -0.195. The lowest BCUT2D eigenvalue weighted by Crippen LogP contribution is -2.13. The topological polar surface area (TPSA) is 70.1 Å². The summed E-state index contributed by atoms with van der Waals surface area (Å²) >= 11 is 0. The molecule has 0 saturated heterocycles. The van der Waals surface area contributed by atoms with E-state index in [0.717, 1.165) is 0 Å². The van der Waals surface area contributed by atoms with Crippen LogP contribution in [0.1, 0.15) is 24.3 Å². The Bertz CT molecular complexity index is 306. The van der Waals surface area contributed by atoms with Crippen molar-refractivity contribution < 1.29 is 9.53 Å². The number of nitrogen functional groups attached to an aromatic ring is 1. The van der Waals surface area contributed by atoms with Gasteiger partial charge in [-0.25, -0.2) is 9.78 Å². The van der Waals surface area contributed by atoms with E-state index < -0.39 is 5.97 Å². The van der Waals surface area contributed by atoms with Crippen LogP contribution in [0.5, 0.6) is 0 Å². The lowest BCUT2D eigenvalue weighted by Gasteiger charge is -2.04. The monoisotopic (exact) mass is 183 g/mol. The maximum Gasteiger partial charge on any atom is 0.358 e. The molecule has 1 rings (SSSR count). The van der Waals surface area contributed by atoms with Crippen molar-refractivity contribution in [3.05, 3.63) is 12.0 Å². The summed E-state index contributed by atoms with van der Waals surface area (Å²) in [6, 6.07) is 0. The van der Waals surface area contributed by atoms with Crippen molar-refractivity contribution in [2.45, 2.75) is 20.4 Å². The number of nitrogens with zero attached hydrogens (tertiary/aromatic N) is 2. The molecule has 0 aliphatic carbocycles. The van der Waals surface area contributed by atoms with Crippen LogP contribution >= 0.6 is 0 Å². The summed E-state index contributed by atoms with van der Waals surface area (Å²) < 4.78 is 6.49. The molecular formula is C8H13N3O2.